The number of aromatic nitrogens is 2. The number of hydrogen-bond donors (Lipinski definition) is 1. The molecule has 6 heteroatoms. The van der Waals surface area contributed by atoms with Gasteiger partial charge in [0.1, 0.15) is 17.7 Å². The molecule has 132 valence electrons. The van der Waals surface area contributed by atoms with E-state index in [4.69, 9.17) is 10.5 Å². The molecule has 0 spiro atoms. The molecule has 25 heavy (non-hydrogen) atoms. The molecule has 1 unspecified atom stereocenters. The first-order valence-electron chi connectivity index (χ1n) is 9.03. The Balaban J connectivity index is 1.63. The molecule has 0 radical (unpaired) electrons. The molecule has 0 saturated carbocycles. The lowest BCUT2D eigenvalue weighted by molar-refractivity contribution is 0.242. The summed E-state index contributed by atoms with van der Waals surface area (Å²) in [6, 6.07) is 6.86. The van der Waals surface area contributed by atoms with Crippen LogP contribution in [0, 0.1) is 5.82 Å². The first-order chi connectivity index (χ1) is 12.2. The Morgan fingerprint density at radius 3 is 2.60 bits per heavy atom. The smallest absolute Gasteiger partial charge is 0.151 e. The van der Waals surface area contributed by atoms with E-state index in [-0.39, 0.29) is 11.9 Å². The van der Waals surface area contributed by atoms with Crippen LogP contribution in [0.4, 0.5) is 10.2 Å². The fourth-order valence-electron chi connectivity index (χ4n) is 3.65. The molecular weight excluding hydrogens is 319 g/mol. The molecule has 2 aliphatic rings. The minimum atomic E-state index is -0.284. The lowest BCUT2D eigenvalue weighted by Gasteiger charge is -2.20. The third-order valence-electron chi connectivity index (χ3n) is 4.98. The van der Waals surface area contributed by atoms with Crippen molar-refractivity contribution in [3.8, 4) is 17.0 Å². The summed E-state index contributed by atoms with van der Waals surface area (Å²) < 4.78 is 19.9. The highest BCUT2D eigenvalue weighted by atomic mass is 19.1. The lowest BCUT2D eigenvalue weighted by Crippen LogP contribution is -2.25. The number of fused-ring (bicyclic) bond motifs is 1. The number of anilines is 1. The van der Waals surface area contributed by atoms with Gasteiger partial charge < -0.3 is 15.4 Å². The number of benzene rings is 1. The Hall–Kier alpha value is -2.21. The van der Waals surface area contributed by atoms with E-state index >= 15 is 0 Å². The van der Waals surface area contributed by atoms with Gasteiger partial charge in [0.05, 0.1) is 5.69 Å². The van der Waals surface area contributed by atoms with Gasteiger partial charge in [-0.3, -0.25) is 0 Å². The van der Waals surface area contributed by atoms with E-state index in [2.05, 4.69) is 15.1 Å². The van der Waals surface area contributed by atoms with Crippen molar-refractivity contribution in [1.29, 1.82) is 0 Å². The Morgan fingerprint density at radius 2 is 1.92 bits per heavy atom. The number of nitrogens with zero attached hydrogens (tertiary/aromatic N) is 3. The molecule has 1 saturated heterocycles. The molecule has 3 heterocycles. The van der Waals surface area contributed by atoms with E-state index in [1.807, 2.05) is 12.1 Å². The molecule has 1 aromatic heterocycles. The quantitative estimate of drug-likeness (QED) is 0.929. The Kier molecular flexibility index (Phi) is 4.53. The van der Waals surface area contributed by atoms with Gasteiger partial charge in [0.2, 0.25) is 0 Å². The van der Waals surface area contributed by atoms with E-state index < -0.39 is 0 Å². The predicted octanol–water partition coefficient (Wildman–Crippen LogP) is 2.93. The third kappa shape index (κ3) is 3.31. The average Bonchev–Trinajstić information content (AvgIpc) is 2.86. The zero-order chi connectivity index (χ0) is 17.2. The van der Waals surface area contributed by atoms with Gasteiger partial charge >= 0.3 is 0 Å². The molecule has 1 aromatic carbocycles. The van der Waals surface area contributed by atoms with Crippen molar-refractivity contribution in [3.63, 3.8) is 0 Å². The number of nitrogens with two attached hydrogens (primary N) is 1. The average molecular weight is 342 g/mol. The van der Waals surface area contributed by atoms with Crippen LogP contribution in [0.2, 0.25) is 0 Å². The van der Waals surface area contributed by atoms with E-state index in [0.717, 1.165) is 24.5 Å². The molecule has 0 aliphatic carbocycles. The Bertz CT molecular complexity index is 742. The second-order valence-electron chi connectivity index (χ2n) is 6.80. The van der Waals surface area contributed by atoms with Crippen molar-refractivity contribution in [2.24, 2.45) is 5.73 Å². The second-order valence-corrected chi connectivity index (χ2v) is 6.80. The molecule has 0 amide bonds. The van der Waals surface area contributed by atoms with E-state index in [9.17, 15) is 4.39 Å². The summed E-state index contributed by atoms with van der Waals surface area (Å²) in [5.41, 5.74) is 7.84. The molecule has 4 rings (SSSR count). The van der Waals surface area contributed by atoms with E-state index in [1.165, 1.54) is 37.8 Å². The Morgan fingerprint density at radius 1 is 1.12 bits per heavy atom. The number of ether oxygens (including phenoxy) is 1. The molecular formula is C19H23FN4O. The Labute approximate surface area is 147 Å². The maximum atomic E-state index is 14.0. The van der Waals surface area contributed by atoms with Gasteiger partial charge in [0.15, 0.2) is 5.82 Å². The van der Waals surface area contributed by atoms with E-state index in [1.54, 1.807) is 0 Å². The summed E-state index contributed by atoms with van der Waals surface area (Å²) >= 11 is 0. The maximum absolute atomic E-state index is 14.0. The number of halogens is 1. The van der Waals surface area contributed by atoms with Gasteiger partial charge in [-0.2, -0.15) is 0 Å². The van der Waals surface area contributed by atoms with Crippen LogP contribution >= 0.6 is 0 Å². The van der Waals surface area contributed by atoms with Gasteiger partial charge in [-0.25, -0.2) is 4.39 Å². The molecule has 1 atom stereocenters. The van der Waals surface area contributed by atoms with Crippen molar-refractivity contribution in [2.45, 2.75) is 38.2 Å². The van der Waals surface area contributed by atoms with Crippen LogP contribution in [0.15, 0.2) is 24.3 Å². The van der Waals surface area contributed by atoms with Crippen LogP contribution in [0.5, 0.6) is 5.75 Å². The minimum absolute atomic E-state index is 0.0973. The number of hydrogen-bond acceptors (Lipinski definition) is 5. The molecule has 1 fully saturated rings. The first kappa shape index (κ1) is 16.3. The van der Waals surface area contributed by atoms with Gasteiger partial charge in [-0.05, 0) is 37.1 Å². The fourth-order valence-corrected chi connectivity index (χ4v) is 3.65. The maximum Gasteiger partial charge on any atom is 0.151 e. The lowest BCUT2D eigenvalue weighted by atomic mass is 10.0. The molecule has 2 N–H and O–H groups in total. The van der Waals surface area contributed by atoms with Crippen LogP contribution in [0.25, 0.3) is 11.3 Å². The summed E-state index contributed by atoms with van der Waals surface area (Å²) in [4.78, 5) is 2.28. The SMILES string of the molecule is NCC1Cc2cc(F)cc(-c3ccc(N4CCCCCC4)nn3)c2O1. The second kappa shape index (κ2) is 6.96. The molecule has 0 bridgehead atoms. The van der Waals surface area contributed by atoms with Crippen molar-refractivity contribution in [3.05, 3.63) is 35.6 Å². The predicted molar refractivity (Wildman–Crippen MR) is 95.3 cm³/mol. The summed E-state index contributed by atoms with van der Waals surface area (Å²) in [5.74, 6) is 1.29. The van der Waals surface area contributed by atoms with Crippen LogP contribution in [-0.4, -0.2) is 35.9 Å². The van der Waals surface area contributed by atoms with Crippen molar-refractivity contribution >= 4 is 5.82 Å². The third-order valence-corrected chi connectivity index (χ3v) is 4.98. The molecule has 2 aliphatic heterocycles. The summed E-state index contributed by atoms with van der Waals surface area (Å²) in [5, 5.41) is 8.74. The topological polar surface area (TPSA) is 64.3 Å². The largest absolute Gasteiger partial charge is 0.488 e. The zero-order valence-corrected chi connectivity index (χ0v) is 14.2. The van der Waals surface area contributed by atoms with E-state index in [0.29, 0.717) is 30.0 Å². The highest BCUT2D eigenvalue weighted by Gasteiger charge is 2.26. The van der Waals surface area contributed by atoms with Crippen LogP contribution < -0.4 is 15.4 Å². The van der Waals surface area contributed by atoms with Crippen molar-refractivity contribution in [1.82, 2.24) is 10.2 Å². The molecule has 5 nitrogen and oxygen atoms in total. The highest BCUT2D eigenvalue weighted by Crippen LogP contribution is 2.38. The highest BCUT2D eigenvalue weighted by molar-refractivity contribution is 5.70. The van der Waals surface area contributed by atoms with Gasteiger partial charge in [0, 0.05) is 37.2 Å². The summed E-state index contributed by atoms with van der Waals surface area (Å²) in [6.45, 7) is 2.45. The number of rotatable bonds is 3. The monoisotopic (exact) mass is 342 g/mol. The van der Waals surface area contributed by atoms with Crippen LogP contribution in [-0.2, 0) is 6.42 Å². The normalized spacial score (nSPS) is 20.1. The zero-order valence-electron chi connectivity index (χ0n) is 14.2. The minimum Gasteiger partial charge on any atom is -0.488 e. The fraction of sp³-hybridized carbons (Fsp3) is 0.474. The first-order valence-corrected chi connectivity index (χ1v) is 9.03. The molecule has 2 aromatic rings. The van der Waals surface area contributed by atoms with Crippen molar-refractivity contribution in [2.75, 3.05) is 24.5 Å². The summed E-state index contributed by atoms with van der Waals surface area (Å²) in [6.07, 6.45) is 5.47. The summed E-state index contributed by atoms with van der Waals surface area (Å²) in [7, 11) is 0. The van der Waals surface area contributed by atoms with Crippen LogP contribution in [0.1, 0.15) is 31.2 Å². The van der Waals surface area contributed by atoms with Gasteiger partial charge in [0.25, 0.3) is 0 Å². The standard InChI is InChI=1S/C19H23FN4O/c20-14-9-13-10-15(12-21)25-19(13)16(11-14)17-5-6-18(23-22-17)24-7-3-1-2-4-8-24/h5-6,9,11,15H,1-4,7-8,10,12,21H2. The van der Waals surface area contributed by atoms with Crippen LogP contribution in [0.3, 0.4) is 0 Å². The van der Waals surface area contributed by atoms with Gasteiger partial charge in [-0.15, -0.1) is 10.2 Å². The van der Waals surface area contributed by atoms with Crippen molar-refractivity contribution < 1.29 is 9.13 Å². The van der Waals surface area contributed by atoms with Gasteiger partial charge in [-0.1, -0.05) is 12.8 Å².